The Morgan fingerprint density at radius 2 is 2.00 bits per heavy atom. The molecule has 11 heteroatoms. The lowest BCUT2D eigenvalue weighted by molar-refractivity contribution is -0.137. The third-order valence-electron chi connectivity index (χ3n) is 3.11. The first-order chi connectivity index (χ1) is 12.2. The van der Waals surface area contributed by atoms with Crippen LogP contribution >= 0.6 is 11.8 Å². The van der Waals surface area contributed by atoms with E-state index < -0.39 is 31.1 Å². The highest BCUT2D eigenvalue weighted by Crippen LogP contribution is 2.25. The number of aromatic nitrogens is 2. The second-order valence-electron chi connectivity index (χ2n) is 5.07. The van der Waals surface area contributed by atoms with Gasteiger partial charge in [0.1, 0.15) is 11.6 Å². The van der Waals surface area contributed by atoms with E-state index in [0.29, 0.717) is 22.3 Å². The van der Waals surface area contributed by atoms with Crippen molar-refractivity contribution in [3.63, 3.8) is 0 Å². The van der Waals surface area contributed by atoms with Crippen LogP contribution in [0.5, 0.6) is 0 Å². The second-order valence-corrected chi connectivity index (χ2v) is 5.86. The molecule has 7 nitrogen and oxygen atoms in total. The molecule has 2 amide bonds. The molecule has 0 bridgehead atoms. The van der Waals surface area contributed by atoms with Gasteiger partial charge in [-0.15, -0.1) is 11.8 Å². The number of rotatable bonds is 6. The van der Waals surface area contributed by atoms with Gasteiger partial charge in [-0.05, 0) is 25.3 Å². The van der Waals surface area contributed by atoms with E-state index in [1.165, 1.54) is 18.0 Å². The number of halogens is 3. The van der Waals surface area contributed by atoms with Crippen LogP contribution in [0.15, 0.2) is 27.8 Å². The van der Waals surface area contributed by atoms with Crippen LogP contribution in [0, 0.1) is 6.92 Å². The molecule has 0 radical (unpaired) electrons. The van der Waals surface area contributed by atoms with E-state index in [9.17, 15) is 22.8 Å². The first-order valence-corrected chi connectivity index (χ1v) is 8.52. The minimum atomic E-state index is -4.52. The fourth-order valence-electron chi connectivity index (χ4n) is 1.98. The van der Waals surface area contributed by atoms with Gasteiger partial charge in [-0.25, -0.2) is 9.97 Å². The van der Waals surface area contributed by atoms with Crippen molar-refractivity contribution in [2.45, 2.75) is 18.1 Å². The maximum atomic E-state index is 12.3. The van der Waals surface area contributed by atoms with E-state index in [1.54, 1.807) is 30.6 Å². The van der Waals surface area contributed by atoms with Crippen LogP contribution in [0.4, 0.5) is 13.2 Å². The quantitative estimate of drug-likeness (QED) is 0.582. The number of carbonyl (C=O) groups excluding carboxylic acids is 2. The van der Waals surface area contributed by atoms with Crippen LogP contribution in [0.25, 0.3) is 11.6 Å². The summed E-state index contributed by atoms with van der Waals surface area (Å²) in [6.07, 6.45) is -1.34. The van der Waals surface area contributed by atoms with Crippen molar-refractivity contribution in [3.05, 3.63) is 29.7 Å². The molecule has 2 aromatic rings. The Bertz CT molecular complexity index is 794. The molecule has 0 saturated heterocycles. The van der Waals surface area contributed by atoms with Crippen LogP contribution in [-0.2, 0) is 4.79 Å². The van der Waals surface area contributed by atoms with Gasteiger partial charge < -0.3 is 15.1 Å². The van der Waals surface area contributed by atoms with Gasteiger partial charge in [0.2, 0.25) is 5.91 Å². The number of amides is 2. The summed E-state index contributed by atoms with van der Waals surface area (Å²) in [4.78, 5) is 32.2. The molecule has 2 aromatic heterocycles. The van der Waals surface area contributed by atoms with Crippen LogP contribution in [0.2, 0.25) is 0 Å². The summed E-state index contributed by atoms with van der Waals surface area (Å²) >= 11 is 1.19. The lowest BCUT2D eigenvalue weighted by Crippen LogP contribution is -2.41. The van der Waals surface area contributed by atoms with Gasteiger partial charge in [0.25, 0.3) is 5.91 Å². The summed E-state index contributed by atoms with van der Waals surface area (Å²) in [6.45, 7) is -0.466. The normalized spacial score (nSPS) is 11.3. The number of hydrogen-bond acceptors (Lipinski definition) is 6. The van der Waals surface area contributed by atoms with Crippen molar-refractivity contribution in [1.82, 2.24) is 20.6 Å². The molecule has 0 aliphatic heterocycles. The zero-order valence-electron chi connectivity index (χ0n) is 13.8. The number of nitrogens with one attached hydrogen (secondary N) is 2. The van der Waals surface area contributed by atoms with Crippen LogP contribution < -0.4 is 10.6 Å². The summed E-state index contributed by atoms with van der Waals surface area (Å²) < 4.78 is 41.4. The number of alkyl halides is 3. The third-order valence-corrected chi connectivity index (χ3v) is 3.80. The van der Waals surface area contributed by atoms with Crippen LogP contribution in [0.3, 0.4) is 0 Å². The summed E-state index contributed by atoms with van der Waals surface area (Å²) in [5.41, 5.74) is 0.500. The first-order valence-electron chi connectivity index (χ1n) is 7.29. The summed E-state index contributed by atoms with van der Waals surface area (Å²) in [6, 6.07) is 3.34. The lowest BCUT2D eigenvalue weighted by Gasteiger charge is -2.12. The molecular weight excluding hydrogens is 373 g/mol. The molecule has 0 fully saturated rings. The number of hydrogen-bond donors (Lipinski definition) is 2. The Morgan fingerprint density at radius 1 is 1.27 bits per heavy atom. The molecule has 2 heterocycles. The molecule has 0 spiro atoms. The molecule has 0 aliphatic rings. The highest BCUT2D eigenvalue weighted by atomic mass is 32.2. The van der Waals surface area contributed by atoms with E-state index in [4.69, 9.17) is 4.42 Å². The standard InChI is InChI=1S/C15H15F3N4O3S/c1-8-11(13(24)19-6-10(23)20-7-15(16,17)18)14(26-2)22-12(21-8)9-4-3-5-25-9/h3-5H,6-7H2,1-2H3,(H,19,24)(H,20,23). The van der Waals surface area contributed by atoms with Crippen LogP contribution in [-0.4, -0.2) is 47.3 Å². The molecule has 140 valence electrons. The Morgan fingerprint density at radius 3 is 2.58 bits per heavy atom. The predicted octanol–water partition coefficient (Wildman–Crippen LogP) is 2.18. The maximum absolute atomic E-state index is 12.3. The van der Waals surface area contributed by atoms with E-state index in [0.717, 1.165) is 0 Å². The van der Waals surface area contributed by atoms with Gasteiger partial charge in [-0.2, -0.15) is 13.2 Å². The number of furan rings is 1. The van der Waals surface area contributed by atoms with Crippen molar-refractivity contribution in [2.24, 2.45) is 0 Å². The molecular formula is C15H15F3N4O3S. The number of thioether (sulfide) groups is 1. The smallest absolute Gasteiger partial charge is 0.405 e. The minimum Gasteiger partial charge on any atom is -0.461 e. The van der Waals surface area contributed by atoms with Gasteiger partial charge in [0.15, 0.2) is 11.6 Å². The van der Waals surface area contributed by atoms with Gasteiger partial charge in [0.05, 0.1) is 24.1 Å². The van der Waals surface area contributed by atoms with Crippen molar-refractivity contribution in [3.8, 4) is 11.6 Å². The Balaban J connectivity index is 2.10. The summed E-state index contributed by atoms with van der Waals surface area (Å²) in [5, 5.41) is 4.30. The fraction of sp³-hybridized carbons (Fsp3) is 0.333. The zero-order chi connectivity index (χ0) is 19.3. The van der Waals surface area contributed by atoms with E-state index in [-0.39, 0.29) is 5.56 Å². The van der Waals surface area contributed by atoms with Gasteiger partial charge >= 0.3 is 6.18 Å². The number of nitrogens with zero attached hydrogens (tertiary/aromatic N) is 2. The maximum Gasteiger partial charge on any atom is 0.405 e. The average Bonchev–Trinajstić information content (AvgIpc) is 3.11. The monoisotopic (exact) mass is 388 g/mol. The summed E-state index contributed by atoms with van der Waals surface area (Å²) in [5.74, 6) is -0.870. The topological polar surface area (TPSA) is 97.1 Å². The highest BCUT2D eigenvalue weighted by molar-refractivity contribution is 7.98. The van der Waals surface area contributed by atoms with Crippen LogP contribution in [0.1, 0.15) is 16.1 Å². The predicted molar refractivity (Wildman–Crippen MR) is 87.6 cm³/mol. The van der Waals surface area contributed by atoms with Gasteiger partial charge in [-0.3, -0.25) is 9.59 Å². The van der Waals surface area contributed by atoms with Crippen molar-refractivity contribution in [1.29, 1.82) is 0 Å². The van der Waals surface area contributed by atoms with E-state index in [1.807, 2.05) is 0 Å². The van der Waals surface area contributed by atoms with Crippen molar-refractivity contribution >= 4 is 23.6 Å². The molecule has 2 rings (SSSR count). The first kappa shape index (κ1) is 19.8. The van der Waals surface area contributed by atoms with E-state index in [2.05, 4.69) is 15.3 Å². The minimum absolute atomic E-state index is 0.149. The number of carbonyl (C=O) groups is 2. The largest absolute Gasteiger partial charge is 0.461 e. The van der Waals surface area contributed by atoms with Crippen molar-refractivity contribution in [2.75, 3.05) is 19.3 Å². The molecule has 0 aliphatic carbocycles. The summed E-state index contributed by atoms with van der Waals surface area (Å²) in [7, 11) is 0. The van der Waals surface area contributed by atoms with Gasteiger partial charge in [-0.1, -0.05) is 0 Å². The average molecular weight is 388 g/mol. The Hall–Kier alpha value is -2.56. The molecule has 26 heavy (non-hydrogen) atoms. The molecule has 0 saturated carbocycles. The van der Waals surface area contributed by atoms with E-state index >= 15 is 0 Å². The van der Waals surface area contributed by atoms with Crippen molar-refractivity contribution < 1.29 is 27.2 Å². The Kier molecular flexibility index (Phi) is 6.24. The SMILES string of the molecule is CSc1nc(-c2ccco2)nc(C)c1C(=O)NCC(=O)NCC(F)(F)F. The second kappa shape index (κ2) is 8.21. The molecule has 0 unspecified atom stereocenters. The molecule has 2 N–H and O–H groups in total. The Labute approximate surface area is 150 Å². The highest BCUT2D eigenvalue weighted by Gasteiger charge is 2.28. The third kappa shape index (κ3) is 5.22. The molecule has 0 atom stereocenters. The number of aryl methyl sites for hydroxylation is 1. The lowest BCUT2D eigenvalue weighted by atomic mass is 10.2. The zero-order valence-corrected chi connectivity index (χ0v) is 14.6. The fourth-order valence-corrected chi connectivity index (χ4v) is 2.60. The molecule has 0 aromatic carbocycles. The van der Waals surface area contributed by atoms with Gasteiger partial charge in [0, 0.05) is 0 Å².